The van der Waals surface area contributed by atoms with Crippen LogP contribution in [-0.2, 0) is 19.1 Å². The van der Waals surface area contributed by atoms with Crippen LogP contribution in [0.15, 0.2) is 71.1 Å². The Labute approximate surface area is 237 Å². The third-order valence-corrected chi connectivity index (χ3v) is 7.43. The summed E-state index contributed by atoms with van der Waals surface area (Å²) in [7, 11) is 1.23. The molecule has 10 nitrogen and oxygen atoms in total. The maximum Gasteiger partial charge on any atom is 0.336 e. The van der Waals surface area contributed by atoms with Crippen LogP contribution in [0.2, 0.25) is 0 Å². The summed E-state index contributed by atoms with van der Waals surface area (Å²) in [6.07, 6.45) is 1.16. The maximum atomic E-state index is 13.4. The van der Waals surface area contributed by atoms with Crippen LogP contribution >= 0.6 is 0 Å². The molecule has 0 radical (unpaired) electrons. The molecule has 0 saturated carbocycles. The second-order valence-corrected chi connectivity index (χ2v) is 9.97. The van der Waals surface area contributed by atoms with Crippen molar-refractivity contribution >= 4 is 23.4 Å². The van der Waals surface area contributed by atoms with Gasteiger partial charge in [-0.25, -0.2) is 14.0 Å². The van der Waals surface area contributed by atoms with Crippen molar-refractivity contribution in [3.63, 3.8) is 0 Å². The molecule has 2 aromatic rings. The molecule has 2 aliphatic rings. The Bertz CT molecular complexity index is 1410. The summed E-state index contributed by atoms with van der Waals surface area (Å²) in [4.78, 5) is 52.4. The highest BCUT2D eigenvalue weighted by Gasteiger charge is 2.40. The molecule has 0 aliphatic carbocycles. The van der Waals surface area contributed by atoms with Gasteiger partial charge in [-0.1, -0.05) is 12.1 Å². The molecular weight excluding hydrogens is 533 g/mol. The number of rotatable bonds is 9. The zero-order chi connectivity index (χ0) is 29.7. The van der Waals surface area contributed by atoms with Gasteiger partial charge in [-0.2, -0.15) is 0 Å². The number of benzene rings is 2. The minimum Gasteiger partial charge on any atom is -0.466 e. The normalized spacial score (nSPS) is 18.1. The SMILES string of the molecule is CCOC(=O)C1=C(CN2CCC(C(=O)c3ccc(F)cc3)CC2)NC(C)=C(C(=O)OC)C1c1cccc([N+](=O)[O-])c1. The Morgan fingerprint density at radius 2 is 1.76 bits per heavy atom. The van der Waals surface area contributed by atoms with E-state index in [-0.39, 0.29) is 35.1 Å². The maximum absolute atomic E-state index is 13.4. The smallest absolute Gasteiger partial charge is 0.336 e. The molecule has 0 amide bonds. The molecule has 2 aliphatic heterocycles. The Balaban J connectivity index is 1.65. The summed E-state index contributed by atoms with van der Waals surface area (Å²) < 4.78 is 23.7. The van der Waals surface area contributed by atoms with Crippen molar-refractivity contribution in [2.45, 2.75) is 32.6 Å². The molecule has 0 bridgehead atoms. The topological polar surface area (TPSA) is 128 Å². The minimum atomic E-state index is -0.963. The molecule has 216 valence electrons. The number of carbonyl (C=O) groups is 3. The lowest BCUT2D eigenvalue weighted by molar-refractivity contribution is -0.384. The highest BCUT2D eigenvalue weighted by Crippen LogP contribution is 2.40. The summed E-state index contributed by atoms with van der Waals surface area (Å²) >= 11 is 0. The molecule has 41 heavy (non-hydrogen) atoms. The van der Waals surface area contributed by atoms with Crippen LogP contribution in [0.1, 0.15) is 48.5 Å². The monoisotopic (exact) mass is 565 g/mol. The first-order valence-electron chi connectivity index (χ1n) is 13.4. The Hall–Kier alpha value is -4.38. The molecule has 1 N–H and O–H groups in total. The average molecular weight is 566 g/mol. The summed E-state index contributed by atoms with van der Waals surface area (Å²) in [5, 5.41) is 14.7. The lowest BCUT2D eigenvalue weighted by Crippen LogP contribution is -2.42. The number of piperidine rings is 1. The van der Waals surface area contributed by atoms with E-state index in [1.165, 1.54) is 49.6 Å². The quantitative estimate of drug-likeness (QED) is 0.205. The number of Topliss-reactive ketones (excluding diaryl/α,β-unsaturated/α-hetero) is 1. The number of hydrogen-bond donors (Lipinski definition) is 1. The number of likely N-dealkylation sites (tertiary alicyclic amines) is 1. The zero-order valence-corrected chi connectivity index (χ0v) is 23.1. The zero-order valence-electron chi connectivity index (χ0n) is 23.1. The number of ketones is 1. The van der Waals surface area contributed by atoms with Crippen LogP contribution in [0.25, 0.3) is 0 Å². The van der Waals surface area contributed by atoms with Crippen LogP contribution in [0.5, 0.6) is 0 Å². The summed E-state index contributed by atoms with van der Waals surface area (Å²) in [5.74, 6) is -2.92. The highest BCUT2D eigenvalue weighted by atomic mass is 19.1. The molecule has 11 heteroatoms. The molecule has 0 spiro atoms. The van der Waals surface area contributed by atoms with E-state index in [9.17, 15) is 28.9 Å². The molecule has 0 aromatic heterocycles. The van der Waals surface area contributed by atoms with E-state index in [1.807, 2.05) is 0 Å². The number of dihydropyridines is 1. The Kier molecular flexibility index (Phi) is 9.28. The van der Waals surface area contributed by atoms with Gasteiger partial charge in [0, 0.05) is 41.6 Å². The first kappa shape index (κ1) is 29.6. The van der Waals surface area contributed by atoms with E-state index in [0.29, 0.717) is 55.0 Å². The van der Waals surface area contributed by atoms with Crippen LogP contribution < -0.4 is 5.32 Å². The largest absolute Gasteiger partial charge is 0.466 e. The van der Waals surface area contributed by atoms with Gasteiger partial charge in [-0.05, 0) is 69.6 Å². The van der Waals surface area contributed by atoms with Crippen molar-refractivity contribution in [1.82, 2.24) is 10.2 Å². The number of methoxy groups -OCH3 is 1. The van der Waals surface area contributed by atoms with E-state index < -0.39 is 28.6 Å². The molecule has 2 aromatic carbocycles. The second-order valence-electron chi connectivity index (χ2n) is 9.97. The molecule has 1 unspecified atom stereocenters. The van der Waals surface area contributed by atoms with E-state index in [4.69, 9.17) is 9.47 Å². The van der Waals surface area contributed by atoms with Crippen molar-refractivity contribution in [3.05, 3.63) is 98.1 Å². The van der Waals surface area contributed by atoms with Gasteiger partial charge < -0.3 is 14.8 Å². The van der Waals surface area contributed by atoms with Crippen LogP contribution in [-0.4, -0.2) is 60.9 Å². The van der Waals surface area contributed by atoms with Gasteiger partial charge in [0.1, 0.15) is 5.82 Å². The van der Waals surface area contributed by atoms with Crippen molar-refractivity contribution in [3.8, 4) is 0 Å². The molecule has 2 heterocycles. The van der Waals surface area contributed by atoms with Crippen molar-refractivity contribution in [2.75, 3.05) is 33.4 Å². The molecule has 1 saturated heterocycles. The molecular formula is C30H32FN3O7. The fourth-order valence-electron chi connectivity index (χ4n) is 5.43. The Morgan fingerprint density at radius 3 is 2.37 bits per heavy atom. The van der Waals surface area contributed by atoms with Gasteiger partial charge in [-0.15, -0.1) is 0 Å². The Morgan fingerprint density at radius 1 is 1.07 bits per heavy atom. The van der Waals surface area contributed by atoms with Crippen LogP contribution in [0, 0.1) is 21.8 Å². The first-order valence-corrected chi connectivity index (χ1v) is 13.4. The third kappa shape index (κ3) is 6.51. The predicted octanol–water partition coefficient (Wildman–Crippen LogP) is 4.28. The van der Waals surface area contributed by atoms with Gasteiger partial charge in [0.15, 0.2) is 5.78 Å². The van der Waals surface area contributed by atoms with Crippen molar-refractivity contribution < 1.29 is 33.2 Å². The highest BCUT2D eigenvalue weighted by molar-refractivity contribution is 6.00. The van der Waals surface area contributed by atoms with E-state index >= 15 is 0 Å². The van der Waals surface area contributed by atoms with Gasteiger partial charge in [0.2, 0.25) is 0 Å². The molecule has 1 fully saturated rings. The number of ether oxygens (including phenoxy) is 2. The fraction of sp³-hybridized carbons (Fsp3) is 0.367. The standard InChI is InChI=1S/C30H32FN3O7/c1-4-41-30(37)27-24(17-33-14-12-20(13-15-33)28(35)19-8-10-22(31)11-9-19)32-18(2)25(29(36)40-3)26(27)21-6-5-7-23(16-21)34(38)39/h5-11,16,20,26,32H,4,12-15,17H2,1-3H3. The average Bonchev–Trinajstić information content (AvgIpc) is 2.97. The second kappa shape index (κ2) is 12.9. The first-order chi connectivity index (χ1) is 19.6. The molecule has 1 atom stereocenters. The summed E-state index contributed by atoms with van der Waals surface area (Å²) in [6, 6.07) is 11.4. The number of non-ortho nitro benzene ring substituents is 1. The van der Waals surface area contributed by atoms with Gasteiger partial charge in [-0.3, -0.25) is 19.8 Å². The van der Waals surface area contributed by atoms with Gasteiger partial charge in [0.25, 0.3) is 5.69 Å². The van der Waals surface area contributed by atoms with Crippen LogP contribution in [0.4, 0.5) is 10.1 Å². The number of halogens is 1. The van der Waals surface area contributed by atoms with Crippen molar-refractivity contribution in [2.24, 2.45) is 5.92 Å². The predicted molar refractivity (Wildman–Crippen MR) is 147 cm³/mol. The number of esters is 2. The number of nitrogens with zero attached hydrogens (tertiary/aromatic N) is 2. The van der Waals surface area contributed by atoms with E-state index in [2.05, 4.69) is 10.2 Å². The minimum absolute atomic E-state index is 0.0286. The fourth-order valence-corrected chi connectivity index (χ4v) is 5.43. The number of allylic oxidation sites excluding steroid dienone is 1. The lowest BCUT2D eigenvalue weighted by atomic mass is 9.79. The van der Waals surface area contributed by atoms with E-state index in [0.717, 1.165) is 0 Å². The lowest BCUT2D eigenvalue weighted by Gasteiger charge is -2.36. The summed E-state index contributed by atoms with van der Waals surface area (Å²) in [6.45, 7) is 4.86. The summed E-state index contributed by atoms with van der Waals surface area (Å²) in [5.41, 5.74) is 1.96. The van der Waals surface area contributed by atoms with Gasteiger partial charge >= 0.3 is 11.9 Å². The van der Waals surface area contributed by atoms with Crippen molar-refractivity contribution in [1.29, 1.82) is 0 Å². The van der Waals surface area contributed by atoms with Gasteiger partial charge in [0.05, 0.1) is 35.7 Å². The number of hydrogen-bond acceptors (Lipinski definition) is 9. The number of carbonyl (C=O) groups excluding carboxylic acids is 3. The number of nitrogens with one attached hydrogen (secondary N) is 1. The van der Waals surface area contributed by atoms with Crippen LogP contribution in [0.3, 0.4) is 0 Å². The number of nitro benzene ring substituents is 1. The van der Waals surface area contributed by atoms with E-state index in [1.54, 1.807) is 19.9 Å². The molecule has 4 rings (SSSR count). The third-order valence-electron chi connectivity index (χ3n) is 7.43. The number of nitro groups is 1.